The zero-order valence-electron chi connectivity index (χ0n) is 12.7. The Kier molecular flexibility index (Phi) is 4.36. The molecule has 2 aliphatic rings. The standard InChI is InChI=1S/C16H24N4O/c1-12(17-16(21)13-8-4-2-5-9-13)15-19-18-14-10-6-3-7-11-20(14)15/h2,4,12-13H,3,5-11H2,1H3,(H,17,21)/t12-,13+/m0/s1. The monoisotopic (exact) mass is 288 g/mol. The average Bonchev–Trinajstić information content (AvgIpc) is 2.77. The Morgan fingerprint density at radius 1 is 1.33 bits per heavy atom. The lowest BCUT2D eigenvalue weighted by atomic mass is 9.93. The maximum atomic E-state index is 12.3. The molecule has 114 valence electrons. The molecule has 21 heavy (non-hydrogen) atoms. The molecule has 0 saturated heterocycles. The van der Waals surface area contributed by atoms with Crippen molar-refractivity contribution in [1.82, 2.24) is 20.1 Å². The third-order valence-corrected chi connectivity index (χ3v) is 4.52. The summed E-state index contributed by atoms with van der Waals surface area (Å²) in [5.41, 5.74) is 0. The highest BCUT2D eigenvalue weighted by Gasteiger charge is 2.24. The first kappa shape index (κ1) is 14.3. The SMILES string of the molecule is C[C@H](NC(=O)[C@@H]1CC=CCC1)c1nnc2n1CCCCC2. The second kappa shape index (κ2) is 6.41. The summed E-state index contributed by atoms with van der Waals surface area (Å²) in [5.74, 6) is 2.25. The van der Waals surface area contributed by atoms with Gasteiger partial charge in [0.2, 0.25) is 5.91 Å². The minimum atomic E-state index is -0.0669. The Morgan fingerprint density at radius 2 is 2.24 bits per heavy atom. The van der Waals surface area contributed by atoms with Crippen LogP contribution in [0.15, 0.2) is 12.2 Å². The summed E-state index contributed by atoms with van der Waals surface area (Å²) in [7, 11) is 0. The van der Waals surface area contributed by atoms with Gasteiger partial charge in [0.25, 0.3) is 0 Å². The number of carbonyl (C=O) groups excluding carboxylic acids is 1. The number of nitrogens with zero attached hydrogens (tertiary/aromatic N) is 3. The second-order valence-electron chi connectivity index (χ2n) is 6.15. The van der Waals surface area contributed by atoms with Crippen LogP contribution in [0.25, 0.3) is 0 Å². The van der Waals surface area contributed by atoms with E-state index in [0.717, 1.165) is 43.9 Å². The maximum absolute atomic E-state index is 12.3. The number of allylic oxidation sites excluding steroid dienone is 2. The van der Waals surface area contributed by atoms with Crippen molar-refractivity contribution in [3.8, 4) is 0 Å². The summed E-state index contributed by atoms with van der Waals surface area (Å²) >= 11 is 0. The molecule has 1 N–H and O–H groups in total. The number of carbonyl (C=O) groups is 1. The number of aromatic nitrogens is 3. The largest absolute Gasteiger partial charge is 0.346 e. The van der Waals surface area contributed by atoms with Crippen LogP contribution in [-0.4, -0.2) is 20.7 Å². The summed E-state index contributed by atoms with van der Waals surface area (Å²) in [4.78, 5) is 12.3. The quantitative estimate of drug-likeness (QED) is 0.870. The molecular weight excluding hydrogens is 264 g/mol. The summed E-state index contributed by atoms with van der Waals surface area (Å²) < 4.78 is 2.21. The lowest BCUT2D eigenvalue weighted by molar-refractivity contribution is -0.125. The number of hydrogen-bond donors (Lipinski definition) is 1. The van der Waals surface area contributed by atoms with Gasteiger partial charge in [0.05, 0.1) is 6.04 Å². The van der Waals surface area contributed by atoms with Gasteiger partial charge < -0.3 is 9.88 Å². The van der Waals surface area contributed by atoms with Crippen LogP contribution in [0.1, 0.15) is 63.1 Å². The first-order valence-corrected chi connectivity index (χ1v) is 8.13. The zero-order chi connectivity index (χ0) is 14.7. The number of hydrogen-bond acceptors (Lipinski definition) is 3. The van der Waals surface area contributed by atoms with Gasteiger partial charge in [-0.15, -0.1) is 10.2 Å². The number of fused-ring (bicyclic) bond motifs is 1. The average molecular weight is 288 g/mol. The van der Waals surface area contributed by atoms with Gasteiger partial charge in [-0.25, -0.2) is 0 Å². The Bertz CT molecular complexity index is 534. The Hall–Kier alpha value is -1.65. The molecule has 1 aliphatic heterocycles. The van der Waals surface area contributed by atoms with Crippen molar-refractivity contribution in [2.75, 3.05) is 0 Å². The molecule has 0 aromatic carbocycles. The highest BCUT2D eigenvalue weighted by molar-refractivity contribution is 5.79. The van der Waals surface area contributed by atoms with Crippen LogP contribution >= 0.6 is 0 Å². The molecule has 0 spiro atoms. The van der Waals surface area contributed by atoms with Crippen LogP contribution in [0, 0.1) is 5.92 Å². The van der Waals surface area contributed by atoms with Crippen LogP contribution in [0.5, 0.6) is 0 Å². The number of aryl methyl sites for hydroxylation is 1. The van der Waals surface area contributed by atoms with E-state index in [1.807, 2.05) is 6.92 Å². The van der Waals surface area contributed by atoms with Crippen LogP contribution < -0.4 is 5.32 Å². The topological polar surface area (TPSA) is 59.8 Å². The molecule has 1 aliphatic carbocycles. The first-order valence-electron chi connectivity index (χ1n) is 8.13. The van der Waals surface area contributed by atoms with Crippen molar-refractivity contribution in [1.29, 1.82) is 0 Å². The van der Waals surface area contributed by atoms with Crippen molar-refractivity contribution in [2.45, 2.75) is 64.5 Å². The molecule has 2 atom stereocenters. The van der Waals surface area contributed by atoms with Crippen LogP contribution in [0.4, 0.5) is 0 Å². The van der Waals surface area contributed by atoms with Crippen molar-refractivity contribution in [2.24, 2.45) is 5.92 Å². The molecule has 3 rings (SSSR count). The fraction of sp³-hybridized carbons (Fsp3) is 0.688. The smallest absolute Gasteiger partial charge is 0.224 e. The molecule has 1 aromatic rings. The van der Waals surface area contributed by atoms with Crippen molar-refractivity contribution in [3.63, 3.8) is 0 Å². The lowest BCUT2D eigenvalue weighted by Crippen LogP contribution is -2.34. The van der Waals surface area contributed by atoms with Gasteiger partial charge >= 0.3 is 0 Å². The number of amides is 1. The second-order valence-corrected chi connectivity index (χ2v) is 6.15. The predicted octanol–water partition coefficient (Wildman–Crippen LogP) is 2.54. The fourth-order valence-corrected chi connectivity index (χ4v) is 3.26. The molecule has 0 unspecified atom stereocenters. The van der Waals surface area contributed by atoms with E-state index >= 15 is 0 Å². The van der Waals surface area contributed by atoms with E-state index in [0.29, 0.717) is 0 Å². The summed E-state index contributed by atoms with van der Waals surface area (Å²) in [5, 5.41) is 11.8. The maximum Gasteiger partial charge on any atom is 0.224 e. The fourth-order valence-electron chi connectivity index (χ4n) is 3.26. The van der Waals surface area contributed by atoms with Crippen molar-refractivity contribution in [3.05, 3.63) is 23.8 Å². The highest BCUT2D eigenvalue weighted by Crippen LogP contribution is 2.21. The van der Waals surface area contributed by atoms with E-state index in [2.05, 4.69) is 32.2 Å². The minimum absolute atomic E-state index is 0.0669. The number of rotatable bonds is 3. The summed E-state index contributed by atoms with van der Waals surface area (Å²) in [6.07, 6.45) is 11.7. The van der Waals surface area contributed by atoms with Crippen molar-refractivity contribution < 1.29 is 4.79 Å². The summed E-state index contributed by atoms with van der Waals surface area (Å²) in [6, 6.07) is -0.0669. The molecule has 0 saturated carbocycles. The van der Waals surface area contributed by atoms with E-state index in [1.165, 1.54) is 19.3 Å². The van der Waals surface area contributed by atoms with Crippen LogP contribution in [-0.2, 0) is 17.8 Å². The van der Waals surface area contributed by atoms with Gasteiger partial charge in [-0.3, -0.25) is 4.79 Å². The summed E-state index contributed by atoms with van der Waals surface area (Å²) in [6.45, 7) is 2.99. The van der Waals surface area contributed by atoms with Gasteiger partial charge in [-0.05, 0) is 39.0 Å². The van der Waals surface area contributed by atoms with Gasteiger partial charge in [-0.1, -0.05) is 18.6 Å². The normalized spacial score (nSPS) is 23.2. The molecule has 1 aromatic heterocycles. The Balaban J connectivity index is 1.67. The van der Waals surface area contributed by atoms with Crippen molar-refractivity contribution >= 4 is 5.91 Å². The van der Waals surface area contributed by atoms with Gasteiger partial charge in [0.1, 0.15) is 5.82 Å². The lowest BCUT2D eigenvalue weighted by Gasteiger charge is -2.21. The molecule has 5 nitrogen and oxygen atoms in total. The van der Waals surface area contributed by atoms with E-state index in [1.54, 1.807) is 0 Å². The molecular formula is C16H24N4O. The van der Waals surface area contributed by atoms with Gasteiger partial charge in [0.15, 0.2) is 5.82 Å². The van der Waals surface area contributed by atoms with Crippen LogP contribution in [0.3, 0.4) is 0 Å². The Morgan fingerprint density at radius 3 is 3.05 bits per heavy atom. The van der Waals surface area contributed by atoms with Gasteiger partial charge in [0, 0.05) is 18.9 Å². The van der Waals surface area contributed by atoms with E-state index in [-0.39, 0.29) is 17.9 Å². The molecule has 2 heterocycles. The predicted molar refractivity (Wildman–Crippen MR) is 80.6 cm³/mol. The van der Waals surface area contributed by atoms with E-state index in [9.17, 15) is 4.79 Å². The van der Waals surface area contributed by atoms with Gasteiger partial charge in [-0.2, -0.15) is 0 Å². The third-order valence-electron chi connectivity index (χ3n) is 4.52. The number of nitrogens with one attached hydrogen (secondary N) is 1. The molecule has 1 amide bonds. The van der Waals surface area contributed by atoms with Crippen LogP contribution in [0.2, 0.25) is 0 Å². The highest BCUT2D eigenvalue weighted by atomic mass is 16.1. The molecule has 0 bridgehead atoms. The molecule has 5 heteroatoms. The zero-order valence-corrected chi connectivity index (χ0v) is 12.7. The Labute approximate surface area is 125 Å². The third kappa shape index (κ3) is 3.17. The van der Waals surface area contributed by atoms with E-state index < -0.39 is 0 Å². The molecule has 0 radical (unpaired) electrons. The minimum Gasteiger partial charge on any atom is -0.346 e. The molecule has 0 fully saturated rings. The first-order chi connectivity index (χ1) is 10.3. The van der Waals surface area contributed by atoms with E-state index in [4.69, 9.17) is 0 Å².